The average Bonchev–Trinajstić information content (AvgIpc) is 2.45. The van der Waals surface area contributed by atoms with E-state index in [0.29, 0.717) is 12.5 Å². The molecule has 0 bridgehead atoms. The van der Waals surface area contributed by atoms with E-state index in [2.05, 4.69) is 31.3 Å². The van der Waals surface area contributed by atoms with Crippen molar-refractivity contribution in [1.29, 1.82) is 0 Å². The fourth-order valence-corrected chi connectivity index (χ4v) is 1.85. The molecule has 0 fully saturated rings. The third kappa shape index (κ3) is 6.53. The summed E-state index contributed by atoms with van der Waals surface area (Å²) in [5.74, 6) is 0.456. The second kappa shape index (κ2) is 9.32. The van der Waals surface area contributed by atoms with Crippen LogP contribution in [0.1, 0.15) is 50.2 Å². The maximum atomic E-state index is 11.6. The molecule has 2 N–H and O–H groups in total. The van der Waals surface area contributed by atoms with Crippen molar-refractivity contribution < 1.29 is 9.90 Å². The van der Waals surface area contributed by atoms with Gasteiger partial charge >= 0.3 is 0 Å². The van der Waals surface area contributed by atoms with Crippen LogP contribution in [0, 0.1) is 0 Å². The zero-order valence-corrected chi connectivity index (χ0v) is 12.4. The molecule has 0 aliphatic carbocycles. The number of carbonyl (C=O) groups is 1. The van der Waals surface area contributed by atoms with Gasteiger partial charge in [-0.1, -0.05) is 38.1 Å². The fraction of sp³-hybridized carbons (Fsp3) is 0.471. The number of hydrogen-bond acceptors (Lipinski definition) is 2. The van der Waals surface area contributed by atoms with Crippen LogP contribution in [0.5, 0.6) is 0 Å². The topological polar surface area (TPSA) is 49.3 Å². The van der Waals surface area contributed by atoms with Crippen LogP contribution in [0.15, 0.2) is 30.3 Å². The van der Waals surface area contributed by atoms with Gasteiger partial charge in [0.15, 0.2) is 0 Å². The van der Waals surface area contributed by atoms with Crippen molar-refractivity contribution in [2.75, 3.05) is 13.2 Å². The number of aliphatic hydroxyl groups excluding tert-OH is 1. The van der Waals surface area contributed by atoms with E-state index >= 15 is 0 Å². The maximum absolute atomic E-state index is 11.6. The zero-order chi connectivity index (χ0) is 14.8. The van der Waals surface area contributed by atoms with E-state index in [1.165, 1.54) is 5.56 Å². The quantitative estimate of drug-likeness (QED) is 0.566. The van der Waals surface area contributed by atoms with E-state index in [0.717, 1.165) is 24.8 Å². The summed E-state index contributed by atoms with van der Waals surface area (Å²) in [5, 5.41) is 11.5. The molecule has 0 atom stereocenters. The van der Waals surface area contributed by atoms with E-state index in [-0.39, 0.29) is 12.5 Å². The molecular weight excluding hydrogens is 250 g/mol. The first-order valence-corrected chi connectivity index (χ1v) is 7.30. The summed E-state index contributed by atoms with van der Waals surface area (Å²) >= 11 is 0. The lowest BCUT2D eigenvalue weighted by molar-refractivity contribution is -0.116. The van der Waals surface area contributed by atoms with Crippen LogP contribution in [0.4, 0.5) is 0 Å². The Labute approximate surface area is 121 Å². The lowest BCUT2D eigenvalue weighted by atomic mass is 10.0. The van der Waals surface area contributed by atoms with Gasteiger partial charge < -0.3 is 10.4 Å². The van der Waals surface area contributed by atoms with Crippen molar-refractivity contribution in [3.8, 4) is 0 Å². The van der Waals surface area contributed by atoms with Crippen LogP contribution < -0.4 is 5.32 Å². The predicted molar refractivity (Wildman–Crippen MR) is 83.5 cm³/mol. The van der Waals surface area contributed by atoms with Gasteiger partial charge in [0.05, 0.1) is 0 Å². The molecule has 0 aromatic heterocycles. The third-order valence-corrected chi connectivity index (χ3v) is 3.16. The number of benzene rings is 1. The van der Waals surface area contributed by atoms with Crippen LogP contribution in [0.3, 0.4) is 0 Å². The Balaban J connectivity index is 2.33. The normalized spacial score (nSPS) is 11.2. The molecule has 3 nitrogen and oxygen atoms in total. The molecule has 0 radical (unpaired) electrons. The molecule has 0 aliphatic rings. The number of nitrogens with one attached hydrogen (secondary N) is 1. The minimum Gasteiger partial charge on any atom is -0.396 e. The van der Waals surface area contributed by atoms with Crippen molar-refractivity contribution in [3.63, 3.8) is 0 Å². The Hall–Kier alpha value is -1.61. The Morgan fingerprint density at radius 3 is 2.50 bits per heavy atom. The van der Waals surface area contributed by atoms with Gasteiger partial charge in [-0.2, -0.15) is 0 Å². The summed E-state index contributed by atoms with van der Waals surface area (Å²) in [4.78, 5) is 11.6. The summed E-state index contributed by atoms with van der Waals surface area (Å²) in [6.45, 7) is 5.21. The van der Waals surface area contributed by atoms with Crippen LogP contribution in [0.25, 0.3) is 6.08 Å². The highest BCUT2D eigenvalue weighted by Gasteiger charge is 1.98. The second-order valence-corrected chi connectivity index (χ2v) is 5.23. The highest BCUT2D eigenvalue weighted by molar-refractivity contribution is 5.91. The smallest absolute Gasteiger partial charge is 0.243 e. The average molecular weight is 275 g/mol. The lowest BCUT2D eigenvalue weighted by Crippen LogP contribution is -2.22. The molecule has 1 aromatic rings. The maximum Gasteiger partial charge on any atom is 0.243 e. The summed E-state index contributed by atoms with van der Waals surface area (Å²) in [5.41, 5.74) is 2.33. The van der Waals surface area contributed by atoms with Gasteiger partial charge in [-0.3, -0.25) is 4.79 Å². The van der Waals surface area contributed by atoms with Crippen molar-refractivity contribution in [1.82, 2.24) is 5.32 Å². The first-order valence-electron chi connectivity index (χ1n) is 7.30. The molecule has 0 saturated heterocycles. The van der Waals surface area contributed by atoms with Crippen LogP contribution in [0.2, 0.25) is 0 Å². The Morgan fingerprint density at radius 1 is 1.20 bits per heavy atom. The Kier molecular flexibility index (Phi) is 7.66. The van der Waals surface area contributed by atoms with E-state index in [9.17, 15) is 4.79 Å². The Bertz CT molecular complexity index is 421. The molecule has 0 spiro atoms. The summed E-state index contributed by atoms with van der Waals surface area (Å²) < 4.78 is 0. The minimum absolute atomic E-state index is 0.0677. The lowest BCUT2D eigenvalue weighted by Gasteiger charge is -2.04. The first kappa shape index (κ1) is 16.4. The number of unbranched alkanes of at least 4 members (excludes halogenated alkanes) is 2. The number of aliphatic hydroxyl groups is 1. The van der Waals surface area contributed by atoms with Gasteiger partial charge in [-0.15, -0.1) is 0 Å². The number of rotatable bonds is 8. The molecule has 0 heterocycles. The van der Waals surface area contributed by atoms with Crippen molar-refractivity contribution >= 4 is 12.0 Å². The van der Waals surface area contributed by atoms with Crippen LogP contribution in [-0.2, 0) is 4.79 Å². The van der Waals surface area contributed by atoms with Crippen LogP contribution in [-0.4, -0.2) is 24.2 Å². The molecule has 20 heavy (non-hydrogen) atoms. The largest absolute Gasteiger partial charge is 0.396 e. The zero-order valence-electron chi connectivity index (χ0n) is 12.4. The van der Waals surface area contributed by atoms with Crippen molar-refractivity contribution in [2.45, 2.75) is 39.0 Å². The predicted octanol–water partition coefficient (Wildman–Crippen LogP) is 3.10. The standard InChI is InChI=1S/C17H25NO2/c1-14(2)16-9-6-15(7-10-16)8-11-17(20)18-12-4-3-5-13-19/h6-11,14,19H,3-5,12-13H2,1-2H3,(H,18,20)/b11-8+. The van der Waals surface area contributed by atoms with E-state index in [1.54, 1.807) is 6.08 Å². The van der Waals surface area contributed by atoms with Gasteiger partial charge in [0.1, 0.15) is 0 Å². The van der Waals surface area contributed by atoms with E-state index in [4.69, 9.17) is 5.11 Å². The number of hydrogen-bond donors (Lipinski definition) is 2. The summed E-state index contributed by atoms with van der Waals surface area (Å²) in [7, 11) is 0. The molecule has 3 heteroatoms. The van der Waals surface area contributed by atoms with Crippen molar-refractivity contribution in [3.05, 3.63) is 41.5 Å². The minimum atomic E-state index is -0.0677. The summed E-state index contributed by atoms with van der Waals surface area (Å²) in [6, 6.07) is 8.25. The highest BCUT2D eigenvalue weighted by Crippen LogP contribution is 2.15. The summed E-state index contributed by atoms with van der Waals surface area (Å²) in [6.07, 6.45) is 6.04. The third-order valence-electron chi connectivity index (χ3n) is 3.16. The van der Waals surface area contributed by atoms with Gasteiger partial charge in [0, 0.05) is 19.2 Å². The van der Waals surface area contributed by atoms with Gasteiger partial charge in [0.2, 0.25) is 5.91 Å². The fourth-order valence-electron chi connectivity index (χ4n) is 1.85. The van der Waals surface area contributed by atoms with Gasteiger partial charge in [-0.05, 0) is 42.4 Å². The van der Waals surface area contributed by atoms with E-state index < -0.39 is 0 Å². The highest BCUT2D eigenvalue weighted by atomic mass is 16.2. The SMILES string of the molecule is CC(C)c1ccc(/C=C/C(=O)NCCCCCO)cc1. The van der Waals surface area contributed by atoms with Crippen LogP contribution >= 0.6 is 0 Å². The monoisotopic (exact) mass is 275 g/mol. The molecule has 1 amide bonds. The molecule has 0 unspecified atom stereocenters. The molecule has 1 aromatic carbocycles. The van der Waals surface area contributed by atoms with Crippen molar-refractivity contribution in [2.24, 2.45) is 0 Å². The first-order chi connectivity index (χ1) is 9.63. The van der Waals surface area contributed by atoms with Gasteiger partial charge in [-0.25, -0.2) is 0 Å². The number of amides is 1. The number of carbonyl (C=O) groups excluding carboxylic acids is 1. The molecule has 0 aliphatic heterocycles. The van der Waals surface area contributed by atoms with Gasteiger partial charge in [0.25, 0.3) is 0 Å². The second-order valence-electron chi connectivity index (χ2n) is 5.23. The van der Waals surface area contributed by atoms with E-state index in [1.807, 2.05) is 18.2 Å². The molecule has 110 valence electrons. The Morgan fingerprint density at radius 2 is 1.90 bits per heavy atom. The molecule has 0 saturated carbocycles. The molecule has 1 rings (SSSR count). The molecular formula is C17H25NO2.